The van der Waals surface area contributed by atoms with Crippen LogP contribution in [0.2, 0.25) is 0 Å². The van der Waals surface area contributed by atoms with Gasteiger partial charge in [0.05, 0.1) is 19.7 Å². The van der Waals surface area contributed by atoms with Crippen LogP contribution >= 0.6 is 0 Å². The van der Waals surface area contributed by atoms with E-state index in [1.54, 1.807) is 14.2 Å². The molecule has 0 atom stereocenters. The van der Waals surface area contributed by atoms with Crippen molar-refractivity contribution in [2.24, 2.45) is 0 Å². The van der Waals surface area contributed by atoms with Crippen LogP contribution in [0.3, 0.4) is 0 Å². The van der Waals surface area contributed by atoms with Gasteiger partial charge in [0.2, 0.25) is 5.88 Å². The minimum absolute atomic E-state index is 0.0800. The Morgan fingerprint density at radius 2 is 1.65 bits per heavy atom. The lowest BCUT2D eigenvalue weighted by Crippen LogP contribution is -2.14. The molecule has 0 fully saturated rings. The number of rotatable bonds is 3. The standard InChI is InChI=1S/C22H26N2O2/c1-13-10-17-19(23-12-13)16(11-18(20(17)25-6)22(3,4)5)15-9-8-14(2)24-21(15)26-7/h8-12H,1-7H3. The largest absolute Gasteiger partial charge is 0.496 e. The van der Waals surface area contributed by atoms with E-state index in [2.05, 4.69) is 44.0 Å². The topological polar surface area (TPSA) is 44.2 Å². The number of hydrogen-bond donors (Lipinski definition) is 0. The summed E-state index contributed by atoms with van der Waals surface area (Å²) in [5.41, 5.74) is 5.92. The van der Waals surface area contributed by atoms with E-state index in [9.17, 15) is 0 Å². The van der Waals surface area contributed by atoms with E-state index in [1.807, 2.05) is 26.1 Å². The highest BCUT2D eigenvalue weighted by atomic mass is 16.5. The van der Waals surface area contributed by atoms with Gasteiger partial charge in [-0.25, -0.2) is 4.98 Å². The molecule has 0 saturated heterocycles. The monoisotopic (exact) mass is 350 g/mol. The fourth-order valence-electron chi connectivity index (χ4n) is 3.26. The third-order valence-electron chi connectivity index (χ3n) is 4.55. The fraction of sp³-hybridized carbons (Fsp3) is 0.364. The molecule has 0 saturated carbocycles. The van der Waals surface area contributed by atoms with Crippen molar-refractivity contribution in [1.82, 2.24) is 9.97 Å². The summed E-state index contributed by atoms with van der Waals surface area (Å²) < 4.78 is 11.4. The van der Waals surface area contributed by atoms with Crippen molar-refractivity contribution in [2.75, 3.05) is 14.2 Å². The maximum Gasteiger partial charge on any atom is 0.221 e. The minimum atomic E-state index is -0.0800. The Hall–Kier alpha value is -2.62. The molecule has 0 aliphatic heterocycles. The van der Waals surface area contributed by atoms with E-state index in [0.29, 0.717) is 5.88 Å². The Kier molecular flexibility index (Phi) is 4.61. The Morgan fingerprint density at radius 1 is 0.923 bits per heavy atom. The molecule has 2 heterocycles. The summed E-state index contributed by atoms with van der Waals surface area (Å²) in [6.45, 7) is 10.6. The van der Waals surface area contributed by atoms with Crippen LogP contribution < -0.4 is 9.47 Å². The SMILES string of the molecule is COc1nc(C)ccc1-c1cc(C(C)(C)C)c(OC)c2cc(C)cnc12. The summed E-state index contributed by atoms with van der Waals surface area (Å²) >= 11 is 0. The molecule has 136 valence electrons. The van der Waals surface area contributed by atoms with Crippen molar-refractivity contribution in [1.29, 1.82) is 0 Å². The van der Waals surface area contributed by atoms with Crippen LogP contribution in [0.4, 0.5) is 0 Å². The van der Waals surface area contributed by atoms with Gasteiger partial charge >= 0.3 is 0 Å². The molecule has 0 bridgehead atoms. The number of ether oxygens (including phenoxy) is 2. The first-order valence-electron chi connectivity index (χ1n) is 8.76. The number of methoxy groups -OCH3 is 2. The molecule has 1 aromatic carbocycles. The van der Waals surface area contributed by atoms with Crippen LogP contribution in [-0.2, 0) is 5.41 Å². The molecule has 0 aliphatic carbocycles. The van der Waals surface area contributed by atoms with Gasteiger partial charge in [0, 0.05) is 34.0 Å². The number of aromatic nitrogens is 2. The van der Waals surface area contributed by atoms with E-state index in [-0.39, 0.29) is 5.41 Å². The highest BCUT2D eigenvalue weighted by Gasteiger charge is 2.25. The highest BCUT2D eigenvalue weighted by Crippen LogP contribution is 2.43. The van der Waals surface area contributed by atoms with Crippen LogP contribution in [0.5, 0.6) is 11.6 Å². The van der Waals surface area contributed by atoms with Crippen LogP contribution in [0.15, 0.2) is 30.5 Å². The second kappa shape index (κ2) is 6.60. The molecule has 0 radical (unpaired) electrons. The third-order valence-corrected chi connectivity index (χ3v) is 4.55. The molecule has 0 aliphatic rings. The number of nitrogens with zero attached hydrogens (tertiary/aromatic N) is 2. The quantitative estimate of drug-likeness (QED) is 0.649. The van der Waals surface area contributed by atoms with Crippen molar-refractivity contribution >= 4 is 10.9 Å². The first-order valence-corrected chi connectivity index (χ1v) is 8.76. The molecule has 26 heavy (non-hydrogen) atoms. The van der Waals surface area contributed by atoms with Crippen LogP contribution in [-0.4, -0.2) is 24.2 Å². The van der Waals surface area contributed by atoms with Crippen LogP contribution in [0, 0.1) is 13.8 Å². The molecule has 4 heteroatoms. The summed E-state index contributed by atoms with van der Waals surface area (Å²) in [6, 6.07) is 8.35. The van der Waals surface area contributed by atoms with Gasteiger partial charge in [0.15, 0.2) is 0 Å². The molecule has 2 aromatic heterocycles. The smallest absolute Gasteiger partial charge is 0.221 e. The average molecular weight is 350 g/mol. The van der Waals surface area contributed by atoms with E-state index in [4.69, 9.17) is 14.5 Å². The normalized spacial score (nSPS) is 11.7. The van der Waals surface area contributed by atoms with Gasteiger partial charge < -0.3 is 9.47 Å². The zero-order chi connectivity index (χ0) is 19.1. The maximum atomic E-state index is 5.82. The predicted octanol–water partition coefficient (Wildman–Crippen LogP) is 5.23. The predicted molar refractivity (Wildman–Crippen MR) is 106 cm³/mol. The van der Waals surface area contributed by atoms with E-state index >= 15 is 0 Å². The summed E-state index contributed by atoms with van der Waals surface area (Å²) in [4.78, 5) is 9.27. The molecular weight excluding hydrogens is 324 g/mol. The summed E-state index contributed by atoms with van der Waals surface area (Å²) in [5.74, 6) is 1.49. The lowest BCUT2D eigenvalue weighted by molar-refractivity contribution is 0.398. The number of fused-ring (bicyclic) bond motifs is 1. The van der Waals surface area contributed by atoms with E-state index in [1.165, 1.54) is 0 Å². The molecular formula is C22H26N2O2. The summed E-state index contributed by atoms with van der Waals surface area (Å²) in [6.07, 6.45) is 1.89. The first-order chi connectivity index (χ1) is 12.3. The van der Waals surface area contributed by atoms with Gasteiger partial charge in [0.1, 0.15) is 5.75 Å². The van der Waals surface area contributed by atoms with Crippen LogP contribution in [0.1, 0.15) is 37.6 Å². The molecule has 0 amide bonds. The van der Waals surface area contributed by atoms with Crippen molar-refractivity contribution in [3.05, 3.63) is 47.3 Å². The van der Waals surface area contributed by atoms with Gasteiger partial charge in [-0.3, -0.25) is 4.98 Å². The van der Waals surface area contributed by atoms with Gasteiger partial charge in [-0.2, -0.15) is 0 Å². The number of aryl methyl sites for hydroxylation is 2. The zero-order valence-corrected chi connectivity index (χ0v) is 16.6. The average Bonchev–Trinajstić information content (AvgIpc) is 2.59. The lowest BCUT2D eigenvalue weighted by atomic mass is 9.83. The Labute approximate surface area is 155 Å². The molecule has 0 N–H and O–H groups in total. The lowest BCUT2D eigenvalue weighted by Gasteiger charge is -2.25. The molecule has 0 unspecified atom stereocenters. The van der Waals surface area contributed by atoms with E-state index in [0.717, 1.165) is 44.6 Å². The van der Waals surface area contributed by atoms with E-state index < -0.39 is 0 Å². The molecule has 3 aromatic rings. The minimum Gasteiger partial charge on any atom is -0.496 e. The molecule has 0 spiro atoms. The van der Waals surface area contributed by atoms with Crippen molar-refractivity contribution in [3.8, 4) is 22.8 Å². The van der Waals surface area contributed by atoms with Gasteiger partial charge in [0.25, 0.3) is 0 Å². The summed E-state index contributed by atoms with van der Waals surface area (Å²) in [5, 5.41) is 1.01. The summed E-state index contributed by atoms with van der Waals surface area (Å²) in [7, 11) is 3.37. The highest BCUT2D eigenvalue weighted by molar-refractivity contribution is 6.00. The second-order valence-corrected chi connectivity index (χ2v) is 7.67. The van der Waals surface area contributed by atoms with Crippen molar-refractivity contribution < 1.29 is 9.47 Å². The van der Waals surface area contributed by atoms with Crippen LogP contribution in [0.25, 0.3) is 22.0 Å². The maximum absolute atomic E-state index is 5.82. The zero-order valence-electron chi connectivity index (χ0n) is 16.6. The third kappa shape index (κ3) is 3.12. The van der Waals surface area contributed by atoms with Crippen molar-refractivity contribution in [3.63, 3.8) is 0 Å². The Bertz CT molecular complexity index is 972. The number of benzene rings is 1. The first kappa shape index (κ1) is 18.2. The van der Waals surface area contributed by atoms with Gasteiger partial charge in [-0.05, 0) is 49.1 Å². The van der Waals surface area contributed by atoms with Crippen molar-refractivity contribution in [2.45, 2.75) is 40.0 Å². The Morgan fingerprint density at radius 3 is 2.27 bits per heavy atom. The fourth-order valence-corrected chi connectivity index (χ4v) is 3.26. The van der Waals surface area contributed by atoms with Gasteiger partial charge in [-0.15, -0.1) is 0 Å². The molecule has 3 rings (SSSR count). The Balaban J connectivity index is 2.47. The molecule has 4 nitrogen and oxygen atoms in total. The van der Waals surface area contributed by atoms with Gasteiger partial charge in [-0.1, -0.05) is 20.8 Å². The number of pyridine rings is 2. The number of hydrogen-bond acceptors (Lipinski definition) is 4. The second-order valence-electron chi connectivity index (χ2n) is 7.67.